The molecule has 0 amide bonds. The maximum absolute atomic E-state index is 7.62. The lowest BCUT2D eigenvalue weighted by Crippen LogP contribution is -2.11. The number of ether oxygens (including phenoxy) is 2. The molecule has 0 saturated heterocycles. The molecule has 3 heterocycles. The van der Waals surface area contributed by atoms with Crippen molar-refractivity contribution in [3.63, 3.8) is 0 Å². The molecule has 0 aliphatic carbocycles. The van der Waals surface area contributed by atoms with Crippen LogP contribution in [-0.2, 0) is 6.42 Å². The number of pyridine rings is 1. The first-order chi connectivity index (χ1) is 18.4. The van der Waals surface area contributed by atoms with E-state index in [9.17, 15) is 0 Å². The highest BCUT2D eigenvalue weighted by Crippen LogP contribution is 2.38. The molecule has 0 aliphatic heterocycles. The number of hydrogen-bond acceptors (Lipinski definition) is 11. The van der Waals surface area contributed by atoms with Crippen LogP contribution >= 0.6 is 11.9 Å². The number of nitrogens with zero attached hydrogens (tertiary/aromatic N) is 6. The third kappa shape index (κ3) is 7.40. The lowest BCUT2D eigenvalue weighted by atomic mass is 10.2. The largest absolute Gasteiger partial charge is 0.494 e. The highest BCUT2D eigenvalue weighted by molar-refractivity contribution is 8.01. The summed E-state index contributed by atoms with van der Waals surface area (Å²) < 4.78 is 16.6. The second kappa shape index (κ2) is 14.3. The van der Waals surface area contributed by atoms with Gasteiger partial charge in [0.15, 0.2) is 5.82 Å². The number of methoxy groups -OCH3 is 2. The van der Waals surface area contributed by atoms with Crippen molar-refractivity contribution in [3.8, 4) is 28.6 Å². The maximum Gasteiger partial charge on any atom is 0.239 e. The van der Waals surface area contributed by atoms with E-state index < -0.39 is 0 Å². The molecule has 1 unspecified atom stereocenters. The first-order valence-electron chi connectivity index (χ1n) is 11.9. The van der Waals surface area contributed by atoms with Gasteiger partial charge in [-0.05, 0) is 55.1 Å². The number of rotatable bonds is 10. The van der Waals surface area contributed by atoms with Crippen LogP contribution in [0.1, 0.15) is 23.9 Å². The van der Waals surface area contributed by atoms with E-state index in [0.29, 0.717) is 35.4 Å². The van der Waals surface area contributed by atoms with Crippen LogP contribution in [0.3, 0.4) is 0 Å². The van der Waals surface area contributed by atoms with E-state index >= 15 is 0 Å². The van der Waals surface area contributed by atoms with Crippen LogP contribution in [0.25, 0.3) is 17.1 Å². The number of benzene rings is 1. The van der Waals surface area contributed by atoms with Crippen LogP contribution in [0.15, 0.2) is 49.1 Å². The van der Waals surface area contributed by atoms with Gasteiger partial charge in [-0.2, -0.15) is 0 Å². The summed E-state index contributed by atoms with van der Waals surface area (Å²) in [6.45, 7) is 5.82. The van der Waals surface area contributed by atoms with Gasteiger partial charge >= 0.3 is 0 Å². The Hall–Kier alpha value is -3.74. The van der Waals surface area contributed by atoms with Crippen molar-refractivity contribution in [2.45, 2.75) is 32.4 Å². The molecule has 3 N–H and O–H groups in total. The van der Waals surface area contributed by atoms with Gasteiger partial charge in [-0.25, -0.2) is 9.97 Å². The highest BCUT2D eigenvalue weighted by atomic mass is 32.2. The van der Waals surface area contributed by atoms with E-state index in [0.717, 1.165) is 22.5 Å². The monoisotopic (exact) mass is 539 g/mol. The summed E-state index contributed by atoms with van der Waals surface area (Å²) in [6, 6.07) is 7.66. The van der Waals surface area contributed by atoms with Crippen LogP contribution in [0.5, 0.6) is 11.5 Å². The number of nitrogens with one attached hydrogen (secondary N) is 1. The van der Waals surface area contributed by atoms with Crippen LogP contribution in [-0.4, -0.2) is 72.6 Å². The molecule has 1 aromatic carbocycles. The standard InChI is InChI=1S/C24H27N7O2S.C2H6O2/c1-15-9-18(14-25-11-15)23-28-29-24(30-34-17(3)10-21-26-12-16(2)13-27-21)31(23)22-19(32-4)7-6-8-20(22)33-5;3-1-2-4/h6-9,11-14,17H,10H2,1-5H3,(H,29,30);3-4H,1-2H2. The van der Waals surface area contributed by atoms with Gasteiger partial charge in [0.1, 0.15) is 23.0 Å². The zero-order chi connectivity index (χ0) is 27.5. The topological polar surface area (TPSA) is 140 Å². The lowest BCUT2D eigenvalue weighted by molar-refractivity contribution is 0.186. The van der Waals surface area contributed by atoms with E-state index in [1.165, 1.54) is 11.9 Å². The fraction of sp³-hybridized carbons (Fsp3) is 0.346. The third-order valence-corrected chi connectivity index (χ3v) is 6.05. The predicted octanol–water partition coefficient (Wildman–Crippen LogP) is 3.42. The van der Waals surface area contributed by atoms with Crippen molar-refractivity contribution >= 4 is 17.9 Å². The van der Waals surface area contributed by atoms with Gasteiger partial charge in [-0.15, -0.1) is 10.2 Å². The Morgan fingerprint density at radius 2 is 1.61 bits per heavy atom. The van der Waals surface area contributed by atoms with Gasteiger partial charge in [-0.1, -0.05) is 13.0 Å². The molecule has 11 nitrogen and oxygen atoms in total. The van der Waals surface area contributed by atoms with E-state index in [4.69, 9.17) is 19.7 Å². The van der Waals surface area contributed by atoms with Crippen molar-refractivity contribution in [2.24, 2.45) is 0 Å². The molecule has 0 bridgehead atoms. The first kappa shape index (κ1) is 28.8. The normalized spacial score (nSPS) is 11.3. The SMILES string of the molecule is COc1cccc(OC)c1-n1c(NSC(C)Cc2ncc(C)cn2)nnc1-c1cncc(C)c1.OCCO. The van der Waals surface area contributed by atoms with Gasteiger partial charge in [0.25, 0.3) is 0 Å². The quantitative estimate of drug-likeness (QED) is 0.255. The number of hydrogen-bond donors (Lipinski definition) is 3. The maximum atomic E-state index is 7.62. The van der Waals surface area contributed by atoms with Gasteiger partial charge < -0.3 is 19.7 Å². The predicted molar refractivity (Wildman–Crippen MR) is 148 cm³/mol. The lowest BCUT2D eigenvalue weighted by Gasteiger charge is -2.18. The zero-order valence-electron chi connectivity index (χ0n) is 22.1. The van der Waals surface area contributed by atoms with Crippen LogP contribution in [0.4, 0.5) is 5.95 Å². The van der Waals surface area contributed by atoms with Gasteiger partial charge in [0.05, 0.1) is 27.4 Å². The Morgan fingerprint density at radius 3 is 2.18 bits per heavy atom. The number of anilines is 1. The molecule has 38 heavy (non-hydrogen) atoms. The molecule has 0 radical (unpaired) electrons. The van der Waals surface area contributed by atoms with Crippen LogP contribution in [0.2, 0.25) is 0 Å². The average molecular weight is 540 g/mol. The molecule has 4 rings (SSSR count). The zero-order valence-corrected chi connectivity index (χ0v) is 22.9. The van der Waals surface area contributed by atoms with Crippen molar-refractivity contribution in [3.05, 3.63) is 66.0 Å². The number of para-hydroxylation sites is 1. The van der Waals surface area contributed by atoms with Gasteiger partial charge in [0, 0.05) is 42.0 Å². The molecule has 12 heteroatoms. The van der Waals surface area contributed by atoms with E-state index in [1.807, 2.05) is 55.1 Å². The van der Waals surface area contributed by atoms with Crippen molar-refractivity contribution < 1.29 is 19.7 Å². The van der Waals surface area contributed by atoms with Crippen molar-refractivity contribution in [1.29, 1.82) is 0 Å². The Morgan fingerprint density at radius 1 is 0.947 bits per heavy atom. The Labute approximate surface area is 226 Å². The van der Waals surface area contributed by atoms with Gasteiger partial charge in [-0.3, -0.25) is 14.3 Å². The van der Waals surface area contributed by atoms with Crippen molar-refractivity contribution in [2.75, 3.05) is 32.2 Å². The van der Waals surface area contributed by atoms with Crippen molar-refractivity contribution in [1.82, 2.24) is 29.7 Å². The van der Waals surface area contributed by atoms with E-state index in [2.05, 4.69) is 36.8 Å². The fourth-order valence-corrected chi connectivity index (χ4v) is 4.13. The summed E-state index contributed by atoms with van der Waals surface area (Å²) in [5.74, 6) is 3.23. The van der Waals surface area contributed by atoms with Crippen LogP contribution in [0, 0.1) is 13.8 Å². The molecule has 1 atom stereocenters. The molecule has 0 aliphatic rings. The third-order valence-electron chi connectivity index (χ3n) is 5.18. The summed E-state index contributed by atoms with van der Waals surface area (Å²) in [5, 5.41) is 24.4. The Kier molecular flexibility index (Phi) is 10.8. The smallest absolute Gasteiger partial charge is 0.239 e. The molecule has 4 aromatic rings. The molecule has 202 valence electrons. The van der Waals surface area contributed by atoms with E-state index in [-0.39, 0.29) is 18.5 Å². The average Bonchev–Trinajstić information content (AvgIpc) is 3.36. The number of aliphatic hydroxyl groups is 2. The summed E-state index contributed by atoms with van der Waals surface area (Å²) in [6.07, 6.45) is 7.94. The summed E-state index contributed by atoms with van der Waals surface area (Å²) >= 11 is 1.53. The first-order valence-corrected chi connectivity index (χ1v) is 12.8. The molecule has 0 fully saturated rings. The molecule has 0 saturated carbocycles. The van der Waals surface area contributed by atoms with Crippen LogP contribution < -0.4 is 14.2 Å². The van der Waals surface area contributed by atoms with E-state index in [1.54, 1.807) is 26.6 Å². The summed E-state index contributed by atoms with van der Waals surface area (Å²) in [4.78, 5) is 13.2. The van der Waals surface area contributed by atoms with Gasteiger partial charge in [0.2, 0.25) is 5.95 Å². The second-order valence-electron chi connectivity index (χ2n) is 8.30. The fourth-order valence-electron chi connectivity index (χ4n) is 3.46. The minimum absolute atomic E-state index is 0.125. The molecule has 0 spiro atoms. The summed E-state index contributed by atoms with van der Waals surface area (Å²) in [7, 11) is 3.25. The Bertz CT molecular complexity index is 1280. The number of aromatic nitrogens is 6. The second-order valence-corrected chi connectivity index (χ2v) is 9.55. The highest BCUT2D eigenvalue weighted by Gasteiger charge is 2.23. The number of aryl methyl sites for hydroxylation is 2. The molecule has 3 aromatic heterocycles. The minimum atomic E-state index is -0.125. The minimum Gasteiger partial charge on any atom is -0.494 e. The molecular formula is C26H33N7O4S. The molecular weight excluding hydrogens is 506 g/mol. The number of aliphatic hydroxyl groups excluding tert-OH is 2. The summed E-state index contributed by atoms with van der Waals surface area (Å²) in [5.41, 5.74) is 3.60. The Balaban J connectivity index is 0.000000934.